The SMILES string of the molecule is C[C@](O)(C(=O)O)c1ccc(Nc2nc(-c3c(F)cccc3F)nc3c2C(=O)NC3)cc1. The van der Waals surface area contributed by atoms with E-state index in [-0.39, 0.29) is 35.0 Å². The number of aliphatic carboxylic acids is 1. The van der Waals surface area contributed by atoms with Gasteiger partial charge in [-0.1, -0.05) is 18.2 Å². The van der Waals surface area contributed by atoms with E-state index in [4.69, 9.17) is 5.11 Å². The van der Waals surface area contributed by atoms with E-state index < -0.39 is 34.7 Å². The number of carbonyl (C=O) groups excluding carboxylic acids is 1. The van der Waals surface area contributed by atoms with E-state index >= 15 is 0 Å². The largest absolute Gasteiger partial charge is 0.479 e. The monoisotopic (exact) mass is 426 g/mol. The highest BCUT2D eigenvalue weighted by atomic mass is 19.1. The van der Waals surface area contributed by atoms with Gasteiger partial charge in [0.25, 0.3) is 5.91 Å². The first-order chi connectivity index (χ1) is 14.7. The lowest BCUT2D eigenvalue weighted by atomic mass is 9.96. The predicted molar refractivity (Wildman–Crippen MR) is 105 cm³/mol. The Morgan fingerprint density at radius 2 is 1.74 bits per heavy atom. The van der Waals surface area contributed by atoms with Gasteiger partial charge in [0.2, 0.25) is 0 Å². The van der Waals surface area contributed by atoms with Crippen LogP contribution in [0.2, 0.25) is 0 Å². The summed E-state index contributed by atoms with van der Waals surface area (Å²) in [6.07, 6.45) is 0. The van der Waals surface area contributed by atoms with Crippen LogP contribution in [0.4, 0.5) is 20.3 Å². The zero-order valence-electron chi connectivity index (χ0n) is 16.1. The van der Waals surface area contributed by atoms with Crippen LogP contribution >= 0.6 is 0 Å². The zero-order chi connectivity index (χ0) is 22.3. The number of carboxylic acid groups (broad SMARTS) is 1. The molecule has 2 heterocycles. The molecule has 31 heavy (non-hydrogen) atoms. The molecule has 8 nitrogen and oxygen atoms in total. The Kier molecular flexibility index (Phi) is 4.86. The molecule has 3 aromatic rings. The number of hydrogen-bond donors (Lipinski definition) is 4. The normalized spacial score (nSPS) is 14.5. The Labute approximate surface area is 174 Å². The van der Waals surface area contributed by atoms with Crippen LogP contribution in [0.3, 0.4) is 0 Å². The Balaban J connectivity index is 1.76. The highest BCUT2D eigenvalue weighted by molar-refractivity contribution is 6.03. The third-order valence-electron chi connectivity index (χ3n) is 4.94. The third kappa shape index (κ3) is 3.57. The van der Waals surface area contributed by atoms with Gasteiger partial charge in [-0.3, -0.25) is 4.79 Å². The van der Waals surface area contributed by atoms with Crippen molar-refractivity contribution in [2.75, 3.05) is 5.32 Å². The summed E-state index contributed by atoms with van der Waals surface area (Å²) in [6, 6.07) is 9.15. The zero-order valence-corrected chi connectivity index (χ0v) is 16.1. The summed E-state index contributed by atoms with van der Waals surface area (Å²) in [5, 5.41) is 24.7. The molecule has 158 valence electrons. The number of anilines is 2. The van der Waals surface area contributed by atoms with Gasteiger partial charge in [-0.15, -0.1) is 0 Å². The van der Waals surface area contributed by atoms with Gasteiger partial charge >= 0.3 is 5.97 Å². The molecule has 1 amide bonds. The molecular formula is C21H16F2N4O4. The number of fused-ring (bicyclic) bond motifs is 1. The Bertz CT molecular complexity index is 1190. The van der Waals surface area contributed by atoms with Gasteiger partial charge in [-0.25, -0.2) is 23.5 Å². The van der Waals surface area contributed by atoms with Crippen molar-refractivity contribution < 1.29 is 28.6 Å². The number of nitrogens with zero attached hydrogens (tertiary/aromatic N) is 2. The van der Waals surface area contributed by atoms with E-state index in [0.29, 0.717) is 5.69 Å². The van der Waals surface area contributed by atoms with E-state index in [1.54, 1.807) is 0 Å². The fourth-order valence-corrected chi connectivity index (χ4v) is 3.18. The molecule has 0 spiro atoms. The van der Waals surface area contributed by atoms with Gasteiger partial charge in [-0.2, -0.15) is 0 Å². The van der Waals surface area contributed by atoms with Gasteiger partial charge < -0.3 is 20.8 Å². The van der Waals surface area contributed by atoms with Crippen LogP contribution in [0.25, 0.3) is 11.4 Å². The van der Waals surface area contributed by atoms with Crippen LogP contribution in [0.5, 0.6) is 0 Å². The van der Waals surface area contributed by atoms with Crippen molar-refractivity contribution in [2.24, 2.45) is 0 Å². The summed E-state index contributed by atoms with van der Waals surface area (Å²) in [7, 11) is 0. The smallest absolute Gasteiger partial charge is 0.340 e. The highest BCUT2D eigenvalue weighted by Crippen LogP contribution is 2.31. The van der Waals surface area contributed by atoms with Crippen molar-refractivity contribution in [2.45, 2.75) is 19.1 Å². The van der Waals surface area contributed by atoms with Crippen molar-refractivity contribution in [3.05, 3.63) is 70.9 Å². The lowest BCUT2D eigenvalue weighted by Crippen LogP contribution is -2.31. The maximum Gasteiger partial charge on any atom is 0.340 e. The molecule has 0 bridgehead atoms. The van der Waals surface area contributed by atoms with Crippen molar-refractivity contribution >= 4 is 23.4 Å². The lowest BCUT2D eigenvalue weighted by Gasteiger charge is -2.19. The molecule has 0 saturated carbocycles. The van der Waals surface area contributed by atoms with E-state index in [1.165, 1.54) is 30.3 Å². The fourth-order valence-electron chi connectivity index (χ4n) is 3.18. The Hall–Kier alpha value is -3.92. The molecule has 10 heteroatoms. The van der Waals surface area contributed by atoms with Crippen molar-refractivity contribution in [3.8, 4) is 11.4 Å². The molecule has 1 aromatic heterocycles. The molecule has 2 aromatic carbocycles. The number of carboxylic acids is 1. The van der Waals surface area contributed by atoms with Gasteiger partial charge in [0.15, 0.2) is 11.4 Å². The number of benzene rings is 2. The molecule has 4 N–H and O–H groups in total. The molecule has 1 aliphatic heterocycles. The summed E-state index contributed by atoms with van der Waals surface area (Å²) in [6.45, 7) is 1.23. The molecule has 0 aliphatic carbocycles. The first-order valence-corrected chi connectivity index (χ1v) is 9.15. The summed E-state index contributed by atoms with van der Waals surface area (Å²) in [5.74, 6) is -3.72. The summed E-state index contributed by atoms with van der Waals surface area (Å²) in [5.41, 5.74) is -1.52. The molecular weight excluding hydrogens is 410 g/mol. The number of amides is 1. The first kappa shape index (κ1) is 20.4. The number of hydrogen-bond acceptors (Lipinski definition) is 6. The second kappa shape index (κ2) is 7.40. The highest BCUT2D eigenvalue weighted by Gasteiger charge is 2.32. The maximum atomic E-state index is 14.3. The summed E-state index contributed by atoms with van der Waals surface area (Å²) in [4.78, 5) is 31.8. The van der Waals surface area contributed by atoms with Crippen LogP contribution in [0.15, 0.2) is 42.5 Å². The van der Waals surface area contributed by atoms with Gasteiger partial charge in [0.05, 0.1) is 17.8 Å². The quantitative estimate of drug-likeness (QED) is 0.494. The van der Waals surface area contributed by atoms with Crippen LogP contribution in [-0.4, -0.2) is 32.1 Å². The van der Waals surface area contributed by atoms with E-state index in [2.05, 4.69) is 20.6 Å². The minimum absolute atomic E-state index is 0.0374. The topological polar surface area (TPSA) is 124 Å². The Morgan fingerprint density at radius 3 is 2.35 bits per heavy atom. The Morgan fingerprint density at radius 1 is 1.10 bits per heavy atom. The maximum absolute atomic E-state index is 14.3. The third-order valence-corrected chi connectivity index (χ3v) is 4.94. The number of rotatable bonds is 5. The molecule has 1 atom stereocenters. The number of aliphatic hydroxyl groups is 1. The van der Waals surface area contributed by atoms with Crippen molar-refractivity contribution in [3.63, 3.8) is 0 Å². The van der Waals surface area contributed by atoms with E-state index in [1.807, 2.05) is 0 Å². The molecule has 0 radical (unpaired) electrons. The van der Waals surface area contributed by atoms with Gasteiger partial charge in [0.1, 0.15) is 23.0 Å². The van der Waals surface area contributed by atoms with Crippen LogP contribution in [-0.2, 0) is 16.9 Å². The number of carbonyl (C=O) groups is 2. The second-order valence-corrected chi connectivity index (χ2v) is 7.08. The van der Waals surface area contributed by atoms with Crippen LogP contribution < -0.4 is 10.6 Å². The van der Waals surface area contributed by atoms with Gasteiger partial charge in [-0.05, 0) is 36.8 Å². The molecule has 0 saturated heterocycles. The molecule has 0 fully saturated rings. The predicted octanol–water partition coefficient (Wildman–Crippen LogP) is 2.70. The van der Waals surface area contributed by atoms with Crippen LogP contribution in [0, 0.1) is 11.6 Å². The minimum atomic E-state index is -2.08. The lowest BCUT2D eigenvalue weighted by molar-refractivity contribution is -0.157. The van der Waals surface area contributed by atoms with Crippen molar-refractivity contribution in [1.29, 1.82) is 0 Å². The minimum Gasteiger partial charge on any atom is -0.479 e. The van der Waals surface area contributed by atoms with Crippen LogP contribution in [0.1, 0.15) is 28.5 Å². The van der Waals surface area contributed by atoms with Gasteiger partial charge in [0, 0.05) is 5.69 Å². The number of nitrogens with one attached hydrogen (secondary N) is 2. The van der Waals surface area contributed by atoms with E-state index in [9.17, 15) is 23.5 Å². The van der Waals surface area contributed by atoms with Crippen molar-refractivity contribution in [1.82, 2.24) is 15.3 Å². The average Bonchev–Trinajstić information content (AvgIpc) is 3.09. The molecule has 1 aliphatic rings. The number of halogens is 2. The number of aromatic nitrogens is 2. The standard InChI is InChI=1S/C21H16F2N4O4/c1-21(31,20(29)30)10-5-7-11(8-6-10)25-18-16-14(9-24-19(16)28)26-17(27-18)15-12(22)3-2-4-13(15)23/h2-8,31H,9H2,1H3,(H,24,28)(H,29,30)(H,25,26,27)/t21-/m1/s1. The second-order valence-electron chi connectivity index (χ2n) is 7.08. The summed E-state index contributed by atoms with van der Waals surface area (Å²) < 4.78 is 28.5. The average molecular weight is 426 g/mol. The molecule has 4 rings (SSSR count). The first-order valence-electron chi connectivity index (χ1n) is 9.15. The fraction of sp³-hybridized carbons (Fsp3) is 0.143. The molecule has 0 unspecified atom stereocenters. The summed E-state index contributed by atoms with van der Waals surface area (Å²) >= 11 is 0. The van der Waals surface area contributed by atoms with E-state index in [0.717, 1.165) is 19.1 Å².